The van der Waals surface area contributed by atoms with Crippen LogP contribution in [0.1, 0.15) is 55.2 Å². The number of aromatic nitrogens is 1. The van der Waals surface area contributed by atoms with Crippen LogP contribution < -0.4 is 5.32 Å². The lowest BCUT2D eigenvalue weighted by atomic mass is 9.91. The maximum atomic E-state index is 13.8. The molecule has 0 aliphatic carbocycles. The van der Waals surface area contributed by atoms with E-state index >= 15 is 0 Å². The van der Waals surface area contributed by atoms with E-state index < -0.39 is 17.2 Å². The van der Waals surface area contributed by atoms with Crippen molar-refractivity contribution in [3.63, 3.8) is 0 Å². The standard InChI is InChI=1S/C27H34N4O4/c1-19-8-7-9-20(16-19)24(33)31-22(23(32)29-17-21-10-5-6-13-28-21)18-35-27(31)11-14-30(15-12-27)25(34)26(2,3)4/h5-10,13,16,22H,11-12,14-15,17-18H2,1-4H3,(H,29,32)/t22-/m0/s1. The van der Waals surface area contributed by atoms with Crippen LogP contribution in [0.4, 0.5) is 0 Å². The Morgan fingerprint density at radius 2 is 1.86 bits per heavy atom. The fourth-order valence-electron chi connectivity index (χ4n) is 4.82. The summed E-state index contributed by atoms with van der Waals surface area (Å²) in [5, 5.41) is 2.92. The SMILES string of the molecule is Cc1cccc(C(=O)N2[C@H](C(=O)NCc3ccccn3)COC23CCN(C(=O)C(C)(C)C)CC3)c1. The highest BCUT2D eigenvalue weighted by atomic mass is 16.5. The lowest BCUT2D eigenvalue weighted by Crippen LogP contribution is -2.60. The Kier molecular flexibility index (Phi) is 6.94. The fraction of sp³-hybridized carbons (Fsp3) is 0.481. The normalized spacial score (nSPS) is 19.6. The Labute approximate surface area is 206 Å². The number of likely N-dealkylation sites (tertiary alicyclic amines) is 1. The molecule has 1 aromatic carbocycles. The molecule has 0 saturated carbocycles. The third-order valence-corrected chi connectivity index (χ3v) is 6.69. The highest BCUT2D eigenvalue weighted by Gasteiger charge is 2.54. The number of hydrogen-bond acceptors (Lipinski definition) is 5. The van der Waals surface area contributed by atoms with E-state index in [0.717, 1.165) is 11.3 Å². The zero-order valence-corrected chi connectivity index (χ0v) is 20.9. The summed E-state index contributed by atoms with van der Waals surface area (Å²) in [4.78, 5) is 47.6. The number of nitrogens with one attached hydrogen (secondary N) is 1. The van der Waals surface area contributed by atoms with Crippen molar-refractivity contribution < 1.29 is 19.1 Å². The van der Waals surface area contributed by atoms with Gasteiger partial charge in [-0.05, 0) is 31.2 Å². The average molecular weight is 479 g/mol. The number of aryl methyl sites for hydroxylation is 1. The number of rotatable bonds is 4. The van der Waals surface area contributed by atoms with Crippen LogP contribution in [-0.4, -0.2) is 64.0 Å². The minimum atomic E-state index is -0.928. The summed E-state index contributed by atoms with van der Waals surface area (Å²) in [5.41, 5.74) is 0.812. The minimum absolute atomic E-state index is 0.0755. The van der Waals surface area contributed by atoms with E-state index in [2.05, 4.69) is 10.3 Å². The topological polar surface area (TPSA) is 91.8 Å². The molecule has 0 bridgehead atoms. The highest BCUT2D eigenvalue weighted by Crippen LogP contribution is 2.39. The second-order valence-corrected chi connectivity index (χ2v) is 10.4. The molecule has 1 atom stereocenters. The molecule has 4 rings (SSSR count). The van der Waals surface area contributed by atoms with Crippen LogP contribution in [0.3, 0.4) is 0 Å². The van der Waals surface area contributed by atoms with Gasteiger partial charge in [0, 0.05) is 43.1 Å². The van der Waals surface area contributed by atoms with Crippen LogP contribution in [0.15, 0.2) is 48.7 Å². The fourth-order valence-corrected chi connectivity index (χ4v) is 4.82. The molecule has 8 heteroatoms. The Morgan fingerprint density at radius 1 is 1.11 bits per heavy atom. The Hall–Kier alpha value is -3.26. The molecule has 2 aliphatic heterocycles. The van der Waals surface area contributed by atoms with Gasteiger partial charge < -0.3 is 15.0 Å². The van der Waals surface area contributed by atoms with Crippen LogP contribution in [0, 0.1) is 12.3 Å². The Balaban J connectivity index is 1.57. The van der Waals surface area contributed by atoms with Crippen LogP contribution in [-0.2, 0) is 20.9 Å². The van der Waals surface area contributed by atoms with Crippen molar-refractivity contribution in [1.29, 1.82) is 0 Å². The first-order valence-corrected chi connectivity index (χ1v) is 12.1. The van der Waals surface area contributed by atoms with Crippen molar-refractivity contribution in [2.75, 3.05) is 19.7 Å². The van der Waals surface area contributed by atoms with Crippen molar-refractivity contribution in [3.05, 3.63) is 65.5 Å². The number of nitrogens with zero attached hydrogens (tertiary/aromatic N) is 3. The summed E-state index contributed by atoms with van der Waals surface area (Å²) < 4.78 is 6.26. The zero-order valence-electron chi connectivity index (χ0n) is 20.9. The Bertz CT molecular complexity index is 1090. The summed E-state index contributed by atoms with van der Waals surface area (Å²) in [6.45, 7) is 8.96. The molecule has 2 aromatic rings. The first-order chi connectivity index (χ1) is 16.6. The van der Waals surface area contributed by atoms with Gasteiger partial charge >= 0.3 is 0 Å². The summed E-state index contributed by atoms with van der Waals surface area (Å²) in [6, 6.07) is 12.1. The maximum absolute atomic E-state index is 13.8. The van der Waals surface area contributed by atoms with Gasteiger partial charge in [0.1, 0.15) is 11.8 Å². The molecule has 8 nitrogen and oxygen atoms in total. The van der Waals surface area contributed by atoms with E-state index in [0.29, 0.717) is 31.5 Å². The lowest BCUT2D eigenvalue weighted by Gasteiger charge is -2.45. The van der Waals surface area contributed by atoms with Gasteiger partial charge in [-0.25, -0.2) is 0 Å². The zero-order chi connectivity index (χ0) is 25.2. The maximum Gasteiger partial charge on any atom is 0.256 e. The molecule has 1 spiro atoms. The summed E-state index contributed by atoms with van der Waals surface area (Å²) in [6.07, 6.45) is 2.59. The smallest absolute Gasteiger partial charge is 0.256 e. The highest BCUT2D eigenvalue weighted by molar-refractivity contribution is 5.98. The molecule has 2 fully saturated rings. The summed E-state index contributed by atoms with van der Waals surface area (Å²) >= 11 is 0. The van der Waals surface area contributed by atoms with E-state index in [1.807, 2.05) is 69.0 Å². The average Bonchev–Trinajstić information content (AvgIpc) is 3.20. The first-order valence-electron chi connectivity index (χ1n) is 12.1. The van der Waals surface area contributed by atoms with Crippen molar-refractivity contribution >= 4 is 17.7 Å². The van der Waals surface area contributed by atoms with Crippen molar-refractivity contribution in [1.82, 2.24) is 20.1 Å². The van der Waals surface area contributed by atoms with Crippen molar-refractivity contribution in [2.24, 2.45) is 5.41 Å². The van der Waals surface area contributed by atoms with Gasteiger partial charge in [0.15, 0.2) is 0 Å². The van der Waals surface area contributed by atoms with Crippen LogP contribution in [0.2, 0.25) is 0 Å². The van der Waals surface area contributed by atoms with Gasteiger partial charge in [-0.15, -0.1) is 0 Å². The van der Waals surface area contributed by atoms with Gasteiger partial charge in [0.2, 0.25) is 11.8 Å². The van der Waals surface area contributed by atoms with Crippen LogP contribution in [0.25, 0.3) is 0 Å². The Morgan fingerprint density at radius 3 is 2.49 bits per heavy atom. The first kappa shape index (κ1) is 24.9. The van der Waals surface area contributed by atoms with Gasteiger partial charge in [-0.2, -0.15) is 0 Å². The molecular weight excluding hydrogens is 444 g/mol. The second kappa shape index (κ2) is 9.77. The molecular formula is C27H34N4O4. The van der Waals surface area contributed by atoms with Crippen LogP contribution >= 0.6 is 0 Å². The van der Waals surface area contributed by atoms with Gasteiger partial charge in [-0.3, -0.25) is 24.3 Å². The van der Waals surface area contributed by atoms with Crippen molar-refractivity contribution in [3.8, 4) is 0 Å². The number of piperidine rings is 1. The number of benzene rings is 1. The largest absolute Gasteiger partial charge is 0.353 e. The van der Waals surface area contributed by atoms with Gasteiger partial charge in [-0.1, -0.05) is 44.5 Å². The van der Waals surface area contributed by atoms with Crippen LogP contribution in [0.5, 0.6) is 0 Å². The van der Waals surface area contributed by atoms with Gasteiger partial charge in [0.25, 0.3) is 5.91 Å². The second-order valence-electron chi connectivity index (χ2n) is 10.4. The predicted molar refractivity (Wildman–Crippen MR) is 131 cm³/mol. The van der Waals surface area contributed by atoms with E-state index in [1.54, 1.807) is 17.2 Å². The molecule has 0 unspecified atom stereocenters. The molecule has 2 saturated heterocycles. The third kappa shape index (κ3) is 5.22. The monoisotopic (exact) mass is 478 g/mol. The molecule has 1 aromatic heterocycles. The summed E-state index contributed by atoms with van der Waals surface area (Å²) in [5.74, 6) is -0.437. The number of carbonyl (C=O) groups is 3. The van der Waals surface area contributed by atoms with E-state index in [1.165, 1.54) is 0 Å². The van der Waals surface area contributed by atoms with E-state index in [-0.39, 0.29) is 30.9 Å². The molecule has 35 heavy (non-hydrogen) atoms. The predicted octanol–water partition coefficient (Wildman–Crippen LogP) is 2.91. The van der Waals surface area contributed by atoms with E-state index in [9.17, 15) is 14.4 Å². The number of ether oxygens (including phenoxy) is 1. The molecule has 2 aliphatic rings. The lowest BCUT2D eigenvalue weighted by molar-refractivity contribution is -0.150. The molecule has 3 amide bonds. The molecule has 3 heterocycles. The number of hydrogen-bond donors (Lipinski definition) is 1. The summed E-state index contributed by atoms with van der Waals surface area (Å²) in [7, 11) is 0. The third-order valence-electron chi connectivity index (χ3n) is 6.69. The number of amides is 3. The quantitative estimate of drug-likeness (QED) is 0.730. The van der Waals surface area contributed by atoms with Crippen molar-refractivity contribution in [2.45, 2.75) is 58.8 Å². The molecule has 186 valence electrons. The minimum Gasteiger partial charge on any atom is -0.353 e. The molecule has 1 N–H and O–H groups in total. The van der Waals surface area contributed by atoms with Gasteiger partial charge in [0.05, 0.1) is 18.8 Å². The van der Waals surface area contributed by atoms with E-state index in [4.69, 9.17) is 4.74 Å². The number of pyridine rings is 1. The molecule has 0 radical (unpaired) electrons. The number of carbonyl (C=O) groups excluding carboxylic acids is 3.